The van der Waals surface area contributed by atoms with E-state index >= 15 is 0 Å². The first-order chi connectivity index (χ1) is 8.11. The van der Waals surface area contributed by atoms with Gasteiger partial charge in [0, 0.05) is 17.1 Å². The van der Waals surface area contributed by atoms with E-state index in [9.17, 15) is 4.39 Å². The minimum absolute atomic E-state index is 0.205. The highest BCUT2D eigenvalue weighted by Gasteiger charge is 2.06. The minimum Gasteiger partial charge on any atom is -0.326 e. The molecule has 2 N–H and O–H groups in total. The molecule has 17 heavy (non-hydrogen) atoms. The Morgan fingerprint density at radius 1 is 1.18 bits per heavy atom. The molecule has 0 spiro atoms. The van der Waals surface area contributed by atoms with E-state index in [0.29, 0.717) is 17.1 Å². The third-order valence-electron chi connectivity index (χ3n) is 2.74. The Balaban J connectivity index is 2.49. The molecule has 0 fully saturated rings. The van der Waals surface area contributed by atoms with Crippen molar-refractivity contribution in [1.29, 1.82) is 0 Å². The molecular weight excluding hydrogens is 237 g/mol. The van der Waals surface area contributed by atoms with E-state index in [4.69, 9.17) is 17.3 Å². The van der Waals surface area contributed by atoms with Crippen LogP contribution in [0.25, 0.3) is 11.1 Å². The summed E-state index contributed by atoms with van der Waals surface area (Å²) in [6, 6.07) is 10.7. The Morgan fingerprint density at radius 3 is 2.53 bits per heavy atom. The number of hydrogen-bond acceptors (Lipinski definition) is 1. The summed E-state index contributed by atoms with van der Waals surface area (Å²) in [6.07, 6.45) is 0. The second-order valence-corrected chi connectivity index (χ2v) is 4.39. The first kappa shape index (κ1) is 12.1. The van der Waals surface area contributed by atoms with E-state index in [1.807, 2.05) is 18.2 Å². The lowest BCUT2D eigenvalue weighted by atomic mass is 10.0. The molecule has 0 amide bonds. The van der Waals surface area contributed by atoms with Gasteiger partial charge >= 0.3 is 0 Å². The molecule has 0 saturated carbocycles. The van der Waals surface area contributed by atoms with Crippen LogP contribution >= 0.6 is 11.6 Å². The van der Waals surface area contributed by atoms with Crippen LogP contribution in [0.5, 0.6) is 0 Å². The molecule has 0 aromatic heterocycles. The summed E-state index contributed by atoms with van der Waals surface area (Å²) in [7, 11) is 0. The molecule has 2 aromatic carbocycles. The molecular formula is C14H13ClFN. The maximum absolute atomic E-state index is 13.2. The zero-order valence-corrected chi connectivity index (χ0v) is 10.3. The van der Waals surface area contributed by atoms with Gasteiger partial charge in [0.15, 0.2) is 0 Å². The average molecular weight is 250 g/mol. The SMILES string of the molecule is Cc1cc(-c2ccc(CN)cc2Cl)ccc1F. The zero-order valence-electron chi connectivity index (χ0n) is 9.50. The summed E-state index contributed by atoms with van der Waals surface area (Å²) in [5, 5.41) is 0.638. The van der Waals surface area contributed by atoms with E-state index in [0.717, 1.165) is 16.7 Å². The van der Waals surface area contributed by atoms with Crippen molar-refractivity contribution in [2.45, 2.75) is 13.5 Å². The Kier molecular flexibility index (Phi) is 3.46. The number of hydrogen-bond donors (Lipinski definition) is 1. The minimum atomic E-state index is -0.205. The first-order valence-electron chi connectivity index (χ1n) is 5.37. The molecule has 1 nitrogen and oxygen atoms in total. The summed E-state index contributed by atoms with van der Waals surface area (Å²) in [6.45, 7) is 2.20. The maximum atomic E-state index is 13.2. The van der Waals surface area contributed by atoms with Gasteiger partial charge in [0.1, 0.15) is 5.82 Å². The van der Waals surface area contributed by atoms with Crippen LogP contribution in [0.3, 0.4) is 0 Å². The van der Waals surface area contributed by atoms with Crippen molar-refractivity contribution in [3.63, 3.8) is 0 Å². The molecule has 0 heterocycles. The molecule has 2 rings (SSSR count). The van der Waals surface area contributed by atoms with E-state index < -0.39 is 0 Å². The second kappa shape index (κ2) is 4.86. The van der Waals surface area contributed by atoms with E-state index in [-0.39, 0.29) is 5.82 Å². The number of nitrogens with two attached hydrogens (primary N) is 1. The molecule has 0 aliphatic rings. The van der Waals surface area contributed by atoms with Crippen LogP contribution in [0.4, 0.5) is 4.39 Å². The van der Waals surface area contributed by atoms with Crippen LogP contribution in [0.1, 0.15) is 11.1 Å². The van der Waals surface area contributed by atoms with Gasteiger partial charge in [0.25, 0.3) is 0 Å². The summed E-state index contributed by atoms with van der Waals surface area (Å²) in [5.74, 6) is -0.205. The molecule has 0 aliphatic carbocycles. The quantitative estimate of drug-likeness (QED) is 0.858. The van der Waals surface area contributed by atoms with Gasteiger partial charge < -0.3 is 5.73 Å². The second-order valence-electron chi connectivity index (χ2n) is 3.98. The largest absolute Gasteiger partial charge is 0.326 e. The molecule has 0 bridgehead atoms. The van der Waals surface area contributed by atoms with Gasteiger partial charge in [-0.1, -0.05) is 29.8 Å². The van der Waals surface area contributed by atoms with Crippen LogP contribution < -0.4 is 5.73 Å². The van der Waals surface area contributed by atoms with Crippen molar-refractivity contribution in [3.05, 3.63) is 58.4 Å². The van der Waals surface area contributed by atoms with E-state index in [2.05, 4.69) is 0 Å². The van der Waals surface area contributed by atoms with Gasteiger partial charge in [-0.15, -0.1) is 0 Å². The molecule has 0 saturated heterocycles. The van der Waals surface area contributed by atoms with Crippen LogP contribution in [-0.4, -0.2) is 0 Å². The van der Waals surface area contributed by atoms with Gasteiger partial charge in [-0.05, 0) is 41.8 Å². The molecule has 0 unspecified atom stereocenters. The van der Waals surface area contributed by atoms with Crippen LogP contribution in [0.15, 0.2) is 36.4 Å². The van der Waals surface area contributed by atoms with Crippen molar-refractivity contribution in [2.24, 2.45) is 5.73 Å². The fraction of sp³-hybridized carbons (Fsp3) is 0.143. The Bertz CT molecular complexity index is 552. The van der Waals surface area contributed by atoms with Crippen molar-refractivity contribution < 1.29 is 4.39 Å². The zero-order chi connectivity index (χ0) is 12.4. The lowest BCUT2D eigenvalue weighted by molar-refractivity contribution is 0.619. The topological polar surface area (TPSA) is 26.0 Å². The normalized spacial score (nSPS) is 10.6. The lowest BCUT2D eigenvalue weighted by Gasteiger charge is -2.07. The molecule has 0 atom stereocenters. The van der Waals surface area contributed by atoms with E-state index in [1.54, 1.807) is 19.1 Å². The van der Waals surface area contributed by atoms with Crippen molar-refractivity contribution in [2.75, 3.05) is 0 Å². The standard InChI is InChI=1S/C14H13ClFN/c1-9-6-11(3-5-14(9)16)12-4-2-10(8-17)7-13(12)15/h2-7H,8,17H2,1H3. The van der Waals surface area contributed by atoms with Crippen molar-refractivity contribution in [3.8, 4) is 11.1 Å². The van der Waals surface area contributed by atoms with Gasteiger partial charge in [0.05, 0.1) is 0 Å². The van der Waals surface area contributed by atoms with E-state index in [1.165, 1.54) is 6.07 Å². The highest BCUT2D eigenvalue weighted by molar-refractivity contribution is 6.33. The van der Waals surface area contributed by atoms with Gasteiger partial charge in [0.2, 0.25) is 0 Å². The number of halogens is 2. The molecule has 0 radical (unpaired) electrons. The van der Waals surface area contributed by atoms with Gasteiger partial charge in [-0.3, -0.25) is 0 Å². The monoisotopic (exact) mass is 249 g/mol. The van der Waals surface area contributed by atoms with Crippen LogP contribution in [-0.2, 0) is 6.54 Å². The lowest BCUT2D eigenvalue weighted by Crippen LogP contribution is -1.96. The molecule has 88 valence electrons. The summed E-state index contributed by atoms with van der Waals surface area (Å²) in [4.78, 5) is 0. The maximum Gasteiger partial charge on any atom is 0.126 e. The van der Waals surface area contributed by atoms with Crippen molar-refractivity contribution in [1.82, 2.24) is 0 Å². The summed E-state index contributed by atoms with van der Waals surface area (Å²) < 4.78 is 13.2. The highest BCUT2D eigenvalue weighted by atomic mass is 35.5. The third kappa shape index (κ3) is 2.48. The Hall–Kier alpha value is -1.38. The van der Waals surface area contributed by atoms with Crippen LogP contribution in [0, 0.1) is 12.7 Å². The molecule has 2 aromatic rings. The Labute approximate surface area is 105 Å². The molecule has 0 aliphatic heterocycles. The predicted octanol–water partition coefficient (Wildman–Crippen LogP) is 3.91. The summed E-state index contributed by atoms with van der Waals surface area (Å²) in [5.41, 5.74) is 8.95. The highest BCUT2D eigenvalue weighted by Crippen LogP contribution is 2.29. The van der Waals surface area contributed by atoms with Crippen molar-refractivity contribution >= 4 is 11.6 Å². The average Bonchev–Trinajstić information content (AvgIpc) is 2.32. The van der Waals surface area contributed by atoms with Gasteiger partial charge in [-0.25, -0.2) is 4.39 Å². The fourth-order valence-corrected chi connectivity index (χ4v) is 2.04. The smallest absolute Gasteiger partial charge is 0.126 e. The number of benzene rings is 2. The first-order valence-corrected chi connectivity index (χ1v) is 5.74. The number of aryl methyl sites for hydroxylation is 1. The number of rotatable bonds is 2. The fourth-order valence-electron chi connectivity index (χ4n) is 1.73. The Morgan fingerprint density at radius 2 is 1.94 bits per heavy atom. The molecule has 3 heteroatoms. The third-order valence-corrected chi connectivity index (χ3v) is 3.05. The summed E-state index contributed by atoms with van der Waals surface area (Å²) >= 11 is 6.19. The van der Waals surface area contributed by atoms with Crippen LogP contribution in [0.2, 0.25) is 5.02 Å². The predicted molar refractivity (Wildman–Crippen MR) is 69.5 cm³/mol. The van der Waals surface area contributed by atoms with Gasteiger partial charge in [-0.2, -0.15) is 0 Å².